The molecule has 2 aromatic carbocycles. The van der Waals surface area contributed by atoms with Crippen molar-refractivity contribution in [3.63, 3.8) is 0 Å². The number of anilines is 1. The molecule has 0 saturated carbocycles. The second-order valence-electron chi connectivity index (χ2n) is 7.00. The van der Waals surface area contributed by atoms with Crippen LogP contribution in [0.2, 0.25) is 0 Å². The highest BCUT2D eigenvalue weighted by Gasteiger charge is 2.23. The normalized spacial score (nSPS) is 14.8. The molecular weight excluding hydrogens is 338 g/mol. The number of nitrogens with one attached hydrogen (secondary N) is 1. The average Bonchev–Trinajstić information content (AvgIpc) is 2.68. The summed E-state index contributed by atoms with van der Waals surface area (Å²) in [5.41, 5.74) is 3.85. The number of carbonyl (C=O) groups excluding carboxylic acids is 2. The van der Waals surface area contributed by atoms with Gasteiger partial charge in [0.15, 0.2) is 0 Å². The maximum Gasteiger partial charge on any atom is 0.253 e. The van der Waals surface area contributed by atoms with Crippen molar-refractivity contribution in [2.75, 3.05) is 38.0 Å². The van der Waals surface area contributed by atoms with Crippen molar-refractivity contribution < 1.29 is 9.59 Å². The standard InChI is InChI=1S/C22H27N3O2/c1-3-18-8-4-5-10-20(18)23-21(26)16-24-11-13-25(14-12-24)22(27)19-9-6-7-17(2)15-19/h4-10,15H,3,11-14,16H2,1-2H3,(H,23,26). The van der Waals surface area contributed by atoms with E-state index in [1.165, 1.54) is 0 Å². The SMILES string of the molecule is CCc1ccccc1NC(=O)CN1CCN(C(=O)c2cccc(C)c2)CC1. The summed E-state index contributed by atoms with van der Waals surface area (Å²) in [4.78, 5) is 29.0. The van der Waals surface area contributed by atoms with Gasteiger partial charge in [-0.1, -0.05) is 42.8 Å². The first kappa shape index (κ1) is 19.1. The molecule has 3 rings (SSSR count). The number of hydrogen-bond acceptors (Lipinski definition) is 3. The third kappa shape index (κ3) is 4.95. The quantitative estimate of drug-likeness (QED) is 0.886. The maximum absolute atomic E-state index is 12.6. The Balaban J connectivity index is 1.50. The number of piperazine rings is 1. The summed E-state index contributed by atoms with van der Waals surface area (Å²) in [5.74, 6) is 0.0639. The minimum Gasteiger partial charge on any atom is -0.336 e. The molecule has 1 aliphatic rings. The van der Waals surface area contributed by atoms with Crippen molar-refractivity contribution in [3.05, 3.63) is 65.2 Å². The van der Waals surface area contributed by atoms with E-state index >= 15 is 0 Å². The second-order valence-corrected chi connectivity index (χ2v) is 7.00. The molecule has 5 heteroatoms. The molecule has 2 amide bonds. The Morgan fingerprint density at radius 1 is 1.00 bits per heavy atom. The molecular formula is C22H27N3O2. The predicted octanol–water partition coefficient (Wildman–Crippen LogP) is 2.95. The molecule has 142 valence electrons. The van der Waals surface area contributed by atoms with Gasteiger partial charge in [-0.3, -0.25) is 14.5 Å². The molecule has 5 nitrogen and oxygen atoms in total. The Morgan fingerprint density at radius 2 is 1.74 bits per heavy atom. The lowest BCUT2D eigenvalue weighted by molar-refractivity contribution is -0.117. The van der Waals surface area contributed by atoms with E-state index in [1.807, 2.05) is 60.4 Å². The predicted molar refractivity (Wildman–Crippen MR) is 108 cm³/mol. The van der Waals surface area contributed by atoms with E-state index in [0.717, 1.165) is 28.8 Å². The molecule has 1 N–H and O–H groups in total. The van der Waals surface area contributed by atoms with Gasteiger partial charge in [0.25, 0.3) is 5.91 Å². The van der Waals surface area contributed by atoms with Crippen LogP contribution in [0.4, 0.5) is 5.69 Å². The van der Waals surface area contributed by atoms with Gasteiger partial charge in [-0.25, -0.2) is 0 Å². The second kappa shape index (κ2) is 8.82. The van der Waals surface area contributed by atoms with Crippen LogP contribution in [-0.4, -0.2) is 54.3 Å². The highest BCUT2D eigenvalue weighted by Crippen LogP contribution is 2.16. The van der Waals surface area contributed by atoms with Crippen molar-refractivity contribution in [2.45, 2.75) is 20.3 Å². The Morgan fingerprint density at radius 3 is 2.44 bits per heavy atom. The van der Waals surface area contributed by atoms with Crippen LogP contribution < -0.4 is 5.32 Å². The Hall–Kier alpha value is -2.66. The molecule has 1 saturated heterocycles. The summed E-state index contributed by atoms with van der Waals surface area (Å²) in [7, 11) is 0. The van der Waals surface area contributed by atoms with Crippen LogP contribution >= 0.6 is 0 Å². The molecule has 0 unspecified atom stereocenters. The van der Waals surface area contributed by atoms with Gasteiger partial charge in [0.1, 0.15) is 0 Å². The van der Waals surface area contributed by atoms with E-state index in [-0.39, 0.29) is 11.8 Å². The van der Waals surface area contributed by atoms with Crippen LogP contribution in [0.15, 0.2) is 48.5 Å². The van der Waals surface area contributed by atoms with Gasteiger partial charge in [0, 0.05) is 37.4 Å². The molecule has 0 spiro atoms. The summed E-state index contributed by atoms with van der Waals surface area (Å²) in [6, 6.07) is 15.6. The number of para-hydroxylation sites is 1. The van der Waals surface area contributed by atoms with Gasteiger partial charge in [-0.2, -0.15) is 0 Å². The van der Waals surface area contributed by atoms with Crippen LogP contribution in [0.25, 0.3) is 0 Å². The van der Waals surface area contributed by atoms with Gasteiger partial charge < -0.3 is 10.2 Å². The maximum atomic E-state index is 12.6. The number of hydrogen-bond donors (Lipinski definition) is 1. The molecule has 0 aliphatic carbocycles. The third-order valence-corrected chi connectivity index (χ3v) is 4.96. The monoisotopic (exact) mass is 365 g/mol. The Labute approximate surface area is 161 Å². The van der Waals surface area contributed by atoms with Gasteiger partial charge in [-0.15, -0.1) is 0 Å². The summed E-state index contributed by atoms with van der Waals surface area (Å²) >= 11 is 0. The summed E-state index contributed by atoms with van der Waals surface area (Å²) < 4.78 is 0. The highest BCUT2D eigenvalue weighted by atomic mass is 16.2. The van der Waals surface area contributed by atoms with Crippen LogP contribution in [0.1, 0.15) is 28.4 Å². The van der Waals surface area contributed by atoms with Crippen molar-refractivity contribution >= 4 is 17.5 Å². The minimum atomic E-state index is -0.00522. The van der Waals surface area contributed by atoms with E-state index in [4.69, 9.17) is 0 Å². The highest BCUT2D eigenvalue weighted by molar-refractivity contribution is 5.95. The van der Waals surface area contributed by atoms with Crippen LogP contribution in [0, 0.1) is 6.92 Å². The first-order chi connectivity index (χ1) is 13.1. The lowest BCUT2D eigenvalue weighted by Crippen LogP contribution is -2.50. The van der Waals surface area contributed by atoms with E-state index in [9.17, 15) is 9.59 Å². The number of amides is 2. The zero-order valence-corrected chi connectivity index (χ0v) is 16.1. The van der Waals surface area contributed by atoms with E-state index in [0.29, 0.717) is 32.7 Å². The first-order valence-corrected chi connectivity index (χ1v) is 9.53. The van der Waals surface area contributed by atoms with Gasteiger partial charge in [0.05, 0.1) is 6.54 Å². The first-order valence-electron chi connectivity index (χ1n) is 9.53. The lowest BCUT2D eigenvalue weighted by atomic mass is 10.1. The van der Waals surface area contributed by atoms with Crippen molar-refractivity contribution in [1.82, 2.24) is 9.80 Å². The molecule has 1 heterocycles. The largest absolute Gasteiger partial charge is 0.336 e. The zero-order valence-electron chi connectivity index (χ0n) is 16.1. The van der Waals surface area contributed by atoms with Crippen LogP contribution in [0.3, 0.4) is 0 Å². The molecule has 0 atom stereocenters. The number of benzene rings is 2. The van der Waals surface area contributed by atoms with Crippen molar-refractivity contribution in [3.8, 4) is 0 Å². The summed E-state index contributed by atoms with van der Waals surface area (Å²) in [6.45, 7) is 7.13. The Bertz CT molecular complexity index is 811. The molecule has 0 radical (unpaired) electrons. The number of aryl methyl sites for hydroxylation is 2. The molecule has 1 aliphatic heterocycles. The zero-order chi connectivity index (χ0) is 19.2. The summed E-state index contributed by atoms with van der Waals surface area (Å²) in [5, 5.41) is 3.01. The van der Waals surface area contributed by atoms with Gasteiger partial charge in [0.2, 0.25) is 5.91 Å². The number of nitrogens with zero attached hydrogens (tertiary/aromatic N) is 2. The summed E-state index contributed by atoms with van der Waals surface area (Å²) in [6.07, 6.45) is 0.885. The minimum absolute atomic E-state index is 0.00522. The molecule has 1 fully saturated rings. The fraction of sp³-hybridized carbons (Fsp3) is 0.364. The average molecular weight is 365 g/mol. The number of rotatable bonds is 5. The van der Waals surface area contributed by atoms with E-state index in [1.54, 1.807) is 0 Å². The molecule has 0 bridgehead atoms. The van der Waals surface area contributed by atoms with E-state index in [2.05, 4.69) is 17.1 Å². The lowest BCUT2D eigenvalue weighted by Gasteiger charge is -2.34. The molecule has 2 aromatic rings. The number of carbonyl (C=O) groups is 2. The van der Waals surface area contributed by atoms with Gasteiger partial charge >= 0.3 is 0 Å². The fourth-order valence-electron chi connectivity index (χ4n) is 3.41. The molecule has 27 heavy (non-hydrogen) atoms. The molecule has 0 aromatic heterocycles. The van der Waals surface area contributed by atoms with Crippen LogP contribution in [-0.2, 0) is 11.2 Å². The van der Waals surface area contributed by atoms with Crippen molar-refractivity contribution in [1.29, 1.82) is 0 Å². The van der Waals surface area contributed by atoms with Crippen molar-refractivity contribution in [2.24, 2.45) is 0 Å². The smallest absolute Gasteiger partial charge is 0.253 e. The van der Waals surface area contributed by atoms with Gasteiger partial charge in [-0.05, 0) is 37.1 Å². The van der Waals surface area contributed by atoms with E-state index < -0.39 is 0 Å². The van der Waals surface area contributed by atoms with Crippen LogP contribution in [0.5, 0.6) is 0 Å². The Kier molecular flexibility index (Phi) is 6.24. The third-order valence-electron chi connectivity index (χ3n) is 4.96. The fourth-order valence-corrected chi connectivity index (χ4v) is 3.41. The topological polar surface area (TPSA) is 52.7 Å².